The molecule has 0 amide bonds. The van der Waals surface area contributed by atoms with E-state index in [4.69, 9.17) is 0 Å². The lowest BCUT2D eigenvalue weighted by atomic mass is 9.33. The third-order valence-electron chi connectivity index (χ3n) is 15.6. The van der Waals surface area contributed by atoms with Gasteiger partial charge in [0.2, 0.25) is 0 Å². The van der Waals surface area contributed by atoms with Crippen LogP contribution in [0.5, 0.6) is 0 Å². The summed E-state index contributed by atoms with van der Waals surface area (Å²) in [6.45, 7) is 21.3. The summed E-state index contributed by atoms with van der Waals surface area (Å²) >= 11 is 0. The van der Waals surface area contributed by atoms with Gasteiger partial charge >= 0.3 is 0 Å². The Balaban J connectivity index is 1.18. The van der Waals surface area contributed by atoms with Crippen LogP contribution in [0.4, 0.5) is 45.5 Å². The third-order valence-corrected chi connectivity index (χ3v) is 15.6. The van der Waals surface area contributed by atoms with Gasteiger partial charge in [0.05, 0.1) is 11.2 Å². The Morgan fingerprint density at radius 1 is 0.492 bits per heavy atom. The van der Waals surface area contributed by atoms with Gasteiger partial charge in [0.15, 0.2) is 0 Å². The molecule has 3 heterocycles. The van der Waals surface area contributed by atoms with Gasteiger partial charge in [-0.1, -0.05) is 152 Å². The number of nitrogens with zero attached hydrogens (tertiary/aromatic N) is 3. The highest BCUT2D eigenvalue weighted by Gasteiger charge is 2.57. The van der Waals surface area contributed by atoms with Gasteiger partial charge in [0.25, 0.3) is 6.71 Å². The lowest BCUT2D eigenvalue weighted by molar-refractivity contribution is 0.195. The van der Waals surface area contributed by atoms with Crippen LogP contribution in [-0.2, 0) is 16.2 Å². The van der Waals surface area contributed by atoms with Crippen LogP contribution in [-0.4, -0.2) is 12.3 Å². The van der Waals surface area contributed by atoms with E-state index in [1.807, 2.05) is 0 Å². The van der Waals surface area contributed by atoms with E-state index in [2.05, 4.69) is 229 Å². The molecule has 314 valence electrons. The second kappa shape index (κ2) is 14.0. The van der Waals surface area contributed by atoms with E-state index < -0.39 is 0 Å². The Hall–Kier alpha value is -6.00. The van der Waals surface area contributed by atoms with Crippen molar-refractivity contribution in [3.63, 3.8) is 0 Å². The van der Waals surface area contributed by atoms with E-state index in [0.717, 1.165) is 0 Å². The van der Waals surface area contributed by atoms with Crippen LogP contribution >= 0.6 is 0 Å². The molecule has 4 aliphatic rings. The molecule has 1 saturated carbocycles. The second-order valence-electron chi connectivity index (χ2n) is 21.4. The van der Waals surface area contributed by atoms with Gasteiger partial charge in [-0.25, -0.2) is 0 Å². The van der Waals surface area contributed by atoms with Gasteiger partial charge in [-0.05, 0) is 142 Å². The molecule has 0 radical (unpaired) electrons. The molecule has 63 heavy (non-hydrogen) atoms. The van der Waals surface area contributed by atoms with Crippen molar-refractivity contribution < 1.29 is 0 Å². The first kappa shape index (κ1) is 39.8. The summed E-state index contributed by atoms with van der Waals surface area (Å²) in [7, 11) is 0. The van der Waals surface area contributed by atoms with Gasteiger partial charge in [0.1, 0.15) is 0 Å². The molecule has 11 rings (SSSR count). The fourth-order valence-electron chi connectivity index (χ4n) is 12.0. The van der Waals surface area contributed by atoms with Crippen LogP contribution in [0.3, 0.4) is 0 Å². The average Bonchev–Trinajstić information content (AvgIpc) is 3.48. The van der Waals surface area contributed by atoms with Crippen LogP contribution in [0.15, 0.2) is 152 Å². The Morgan fingerprint density at radius 2 is 1.10 bits per heavy atom. The largest absolute Gasteiger partial charge is 0.334 e. The first-order valence-corrected chi connectivity index (χ1v) is 23.4. The van der Waals surface area contributed by atoms with Crippen LogP contribution < -0.4 is 31.1 Å². The van der Waals surface area contributed by atoms with Gasteiger partial charge in [0, 0.05) is 50.8 Å². The van der Waals surface area contributed by atoms with E-state index in [1.165, 1.54) is 121 Å². The zero-order valence-electron chi connectivity index (χ0n) is 38.7. The molecule has 0 saturated heterocycles. The minimum absolute atomic E-state index is 0.00520. The van der Waals surface area contributed by atoms with Crippen LogP contribution in [0, 0.1) is 6.92 Å². The number of rotatable bonds is 4. The number of benzene rings is 7. The number of fused-ring (bicyclic) bond motifs is 7. The van der Waals surface area contributed by atoms with Crippen molar-refractivity contribution >= 4 is 68.6 Å². The highest BCUT2D eigenvalue weighted by atomic mass is 15.3. The lowest BCUT2D eigenvalue weighted by Crippen LogP contribution is -2.61. The summed E-state index contributed by atoms with van der Waals surface area (Å²) < 4.78 is 0. The van der Waals surface area contributed by atoms with E-state index in [0.29, 0.717) is 0 Å². The highest BCUT2D eigenvalue weighted by molar-refractivity contribution is 7.00. The summed E-state index contributed by atoms with van der Waals surface area (Å²) in [6.07, 6.45) is 4.92. The van der Waals surface area contributed by atoms with Gasteiger partial charge < -0.3 is 14.7 Å². The fourth-order valence-corrected chi connectivity index (χ4v) is 12.0. The maximum atomic E-state index is 2.74. The lowest BCUT2D eigenvalue weighted by Gasteiger charge is -2.50. The van der Waals surface area contributed by atoms with Gasteiger partial charge in [-0.15, -0.1) is 0 Å². The summed E-state index contributed by atoms with van der Waals surface area (Å²) in [6, 6.07) is 58.5. The molecule has 7 aromatic carbocycles. The summed E-state index contributed by atoms with van der Waals surface area (Å²) in [5.41, 5.74) is 22.1. The average molecular weight is 822 g/mol. The summed E-state index contributed by atoms with van der Waals surface area (Å²) in [4.78, 5) is 7.92. The molecule has 1 fully saturated rings. The molecule has 3 nitrogen and oxygen atoms in total. The Labute approximate surface area is 376 Å². The molecular formula is C59H60BN3. The molecule has 4 heteroatoms. The van der Waals surface area contributed by atoms with E-state index in [9.17, 15) is 0 Å². The van der Waals surface area contributed by atoms with Gasteiger partial charge in [-0.3, -0.25) is 0 Å². The molecule has 0 aromatic heterocycles. The van der Waals surface area contributed by atoms with Crippen LogP contribution in [0.2, 0.25) is 0 Å². The first-order chi connectivity index (χ1) is 30.2. The topological polar surface area (TPSA) is 9.72 Å². The van der Waals surface area contributed by atoms with E-state index in [-0.39, 0.29) is 28.5 Å². The predicted octanol–water partition coefficient (Wildman–Crippen LogP) is 14.1. The van der Waals surface area contributed by atoms with Crippen molar-refractivity contribution in [3.05, 3.63) is 174 Å². The maximum Gasteiger partial charge on any atom is 0.252 e. The third kappa shape index (κ3) is 5.93. The van der Waals surface area contributed by atoms with Crippen molar-refractivity contribution in [1.29, 1.82) is 0 Å². The van der Waals surface area contributed by atoms with Crippen molar-refractivity contribution in [2.45, 2.75) is 110 Å². The molecule has 2 atom stereocenters. The Kier molecular flexibility index (Phi) is 8.85. The molecule has 1 aliphatic carbocycles. The quantitative estimate of drug-likeness (QED) is 0.164. The van der Waals surface area contributed by atoms with Crippen LogP contribution in [0.1, 0.15) is 103 Å². The smallest absolute Gasteiger partial charge is 0.252 e. The van der Waals surface area contributed by atoms with Crippen molar-refractivity contribution in [1.82, 2.24) is 0 Å². The highest BCUT2D eigenvalue weighted by Crippen LogP contribution is 2.61. The number of hydrogen-bond acceptors (Lipinski definition) is 3. The zero-order chi connectivity index (χ0) is 43.6. The van der Waals surface area contributed by atoms with E-state index in [1.54, 1.807) is 0 Å². The molecule has 0 spiro atoms. The Bertz CT molecular complexity index is 2940. The molecule has 7 aromatic rings. The molecule has 0 bridgehead atoms. The standard InChI is InChI=1S/C59H60BN3/c1-39-35-53-55-54(36-39)62(49-32-27-42(57(5,6)7)37-45(49)40-19-11-10-12-20-40)51-24-16-14-22-47(51)60(55)48-31-30-44(38-52(48)61(53)43-28-25-41(26-29-43)56(2,3)4)63-50-23-15-13-21-46(50)58(8)33-17-18-34-59(58,63)9/h10-16,19-32,35-38H,17-18,33-34H2,1-9H3. The molecule has 0 N–H and O–H groups in total. The number of para-hydroxylation sites is 2. The maximum absolute atomic E-state index is 2.74. The SMILES string of the molecule is Cc1cc2c3c(c1)N(c1ccc(C(C)(C)C)cc1-c1ccccc1)c1ccccc1B3c1ccc(N3c4ccccc4C4(C)CCCCC34C)cc1N2c1ccc(C(C)(C)C)cc1. The number of anilines is 8. The minimum Gasteiger partial charge on any atom is -0.334 e. The predicted molar refractivity (Wildman–Crippen MR) is 271 cm³/mol. The summed E-state index contributed by atoms with van der Waals surface area (Å²) in [5, 5.41) is 0. The Morgan fingerprint density at radius 3 is 1.83 bits per heavy atom. The fraction of sp³-hybridized carbons (Fsp3) is 0.288. The molecule has 2 unspecified atom stereocenters. The monoisotopic (exact) mass is 821 g/mol. The number of hydrogen-bond donors (Lipinski definition) is 0. The summed E-state index contributed by atoms with van der Waals surface area (Å²) in [5.74, 6) is 0. The van der Waals surface area contributed by atoms with Gasteiger partial charge in [-0.2, -0.15) is 0 Å². The molecular weight excluding hydrogens is 761 g/mol. The minimum atomic E-state index is -0.0321. The van der Waals surface area contributed by atoms with Crippen molar-refractivity contribution in [2.75, 3.05) is 14.7 Å². The van der Waals surface area contributed by atoms with Crippen molar-refractivity contribution in [3.8, 4) is 11.1 Å². The van der Waals surface area contributed by atoms with E-state index >= 15 is 0 Å². The van der Waals surface area contributed by atoms with Crippen LogP contribution in [0.25, 0.3) is 11.1 Å². The van der Waals surface area contributed by atoms with Crippen molar-refractivity contribution in [2.24, 2.45) is 0 Å². The number of aryl methyl sites for hydroxylation is 1. The normalized spacial score (nSPS) is 19.9. The first-order valence-electron chi connectivity index (χ1n) is 23.4. The molecule has 3 aliphatic heterocycles. The second-order valence-corrected chi connectivity index (χ2v) is 21.4. The zero-order valence-corrected chi connectivity index (χ0v) is 38.7.